The van der Waals surface area contributed by atoms with Crippen LogP contribution in [0.3, 0.4) is 0 Å². The number of piperazine rings is 1. The average molecular weight is 535 g/mol. The molecule has 0 bridgehead atoms. The molecule has 2 atom stereocenters. The number of ether oxygens (including phenoxy) is 3. The van der Waals surface area contributed by atoms with Crippen LogP contribution >= 0.6 is 0 Å². The quantitative estimate of drug-likeness (QED) is 0.344. The maximum atomic E-state index is 13.8. The monoisotopic (exact) mass is 534 g/mol. The summed E-state index contributed by atoms with van der Waals surface area (Å²) in [5.41, 5.74) is -0.0887. The van der Waals surface area contributed by atoms with Crippen LogP contribution in [0.25, 0.3) is 0 Å². The van der Waals surface area contributed by atoms with Crippen molar-refractivity contribution in [3.05, 3.63) is 95.6 Å². The summed E-state index contributed by atoms with van der Waals surface area (Å²) in [7, 11) is 3.11. The Labute approximate surface area is 228 Å². The van der Waals surface area contributed by atoms with Gasteiger partial charge in [0, 0.05) is 26.1 Å². The van der Waals surface area contributed by atoms with Gasteiger partial charge in [-0.2, -0.15) is 0 Å². The van der Waals surface area contributed by atoms with Gasteiger partial charge in [0.05, 0.1) is 20.8 Å². The fraction of sp³-hybridized carbons (Fsp3) is 0.333. The van der Waals surface area contributed by atoms with Gasteiger partial charge in [-0.15, -0.1) is 0 Å². The number of rotatable bonds is 12. The first-order chi connectivity index (χ1) is 18.8. The first-order valence-electron chi connectivity index (χ1n) is 12.7. The number of carbonyl (C=O) groups is 2. The van der Waals surface area contributed by atoms with Crippen molar-refractivity contribution >= 4 is 11.8 Å². The Morgan fingerprint density at radius 1 is 0.821 bits per heavy atom. The van der Waals surface area contributed by atoms with Crippen molar-refractivity contribution < 1.29 is 34.0 Å². The van der Waals surface area contributed by atoms with Crippen molar-refractivity contribution in [3.8, 4) is 11.5 Å². The Balaban J connectivity index is 1.53. The Bertz CT molecular complexity index is 1230. The molecule has 3 aromatic rings. The molecule has 3 aromatic carbocycles. The van der Waals surface area contributed by atoms with Gasteiger partial charge in [-0.1, -0.05) is 54.6 Å². The Morgan fingerprint density at radius 3 is 1.95 bits per heavy atom. The fourth-order valence-corrected chi connectivity index (χ4v) is 4.54. The topological polar surface area (TPSA) is 109 Å². The predicted octanol–water partition coefficient (Wildman–Crippen LogP) is 2.73. The van der Waals surface area contributed by atoms with Crippen molar-refractivity contribution in [2.24, 2.45) is 0 Å². The Kier molecular flexibility index (Phi) is 9.19. The summed E-state index contributed by atoms with van der Waals surface area (Å²) in [5.74, 6) is 0.0666. The minimum Gasteiger partial charge on any atom is -0.497 e. The first-order valence-corrected chi connectivity index (χ1v) is 12.7. The highest BCUT2D eigenvalue weighted by molar-refractivity contribution is 5.97. The number of benzene rings is 3. The molecule has 0 radical (unpaired) electrons. The molecule has 206 valence electrons. The zero-order chi connectivity index (χ0) is 27.8. The number of nitrogens with zero attached hydrogens (tertiary/aromatic N) is 2. The number of aliphatic hydroxyl groups is 2. The Morgan fingerprint density at radius 2 is 1.38 bits per heavy atom. The SMILES string of the molecule is COc1ccc(CN2CC(=O)N(Cc3ccc(OC)cc3)C(O)(C(O)CCOCc3ccccc3)C2=O)cc1. The van der Waals surface area contributed by atoms with Crippen LogP contribution in [0.4, 0.5) is 0 Å². The van der Waals surface area contributed by atoms with Crippen LogP contribution in [0.1, 0.15) is 23.1 Å². The number of hydrogen-bond acceptors (Lipinski definition) is 7. The summed E-state index contributed by atoms with van der Waals surface area (Å²) in [4.78, 5) is 29.5. The number of carbonyl (C=O) groups excluding carboxylic acids is 2. The second kappa shape index (κ2) is 12.8. The van der Waals surface area contributed by atoms with Crippen LogP contribution in [-0.2, 0) is 34.0 Å². The molecule has 2 unspecified atom stereocenters. The molecule has 1 aliphatic heterocycles. The van der Waals surface area contributed by atoms with Crippen molar-refractivity contribution in [1.82, 2.24) is 9.80 Å². The highest BCUT2D eigenvalue weighted by atomic mass is 16.5. The molecule has 39 heavy (non-hydrogen) atoms. The summed E-state index contributed by atoms with van der Waals surface area (Å²) in [5, 5.41) is 23.0. The fourth-order valence-electron chi connectivity index (χ4n) is 4.54. The minimum atomic E-state index is -2.47. The summed E-state index contributed by atoms with van der Waals surface area (Å²) >= 11 is 0. The zero-order valence-corrected chi connectivity index (χ0v) is 22.2. The molecular weight excluding hydrogens is 500 g/mol. The molecule has 0 saturated carbocycles. The molecular formula is C30H34N2O7. The van der Waals surface area contributed by atoms with Gasteiger partial charge in [0.25, 0.3) is 5.91 Å². The van der Waals surface area contributed by atoms with Gasteiger partial charge in [-0.25, -0.2) is 0 Å². The second-order valence-electron chi connectivity index (χ2n) is 9.41. The highest BCUT2D eigenvalue weighted by Crippen LogP contribution is 2.30. The van der Waals surface area contributed by atoms with Gasteiger partial charge in [0.15, 0.2) is 0 Å². The van der Waals surface area contributed by atoms with Gasteiger partial charge < -0.3 is 29.3 Å². The van der Waals surface area contributed by atoms with E-state index in [0.717, 1.165) is 16.0 Å². The van der Waals surface area contributed by atoms with Crippen LogP contribution in [0, 0.1) is 0 Å². The lowest BCUT2D eigenvalue weighted by Gasteiger charge is -2.48. The maximum absolute atomic E-state index is 13.8. The van der Waals surface area contributed by atoms with Crippen molar-refractivity contribution in [3.63, 3.8) is 0 Å². The number of amides is 2. The third-order valence-electron chi connectivity index (χ3n) is 6.78. The number of methoxy groups -OCH3 is 2. The van der Waals surface area contributed by atoms with Crippen LogP contribution in [-0.4, -0.2) is 71.0 Å². The van der Waals surface area contributed by atoms with Crippen molar-refractivity contribution in [1.29, 1.82) is 0 Å². The molecule has 4 rings (SSSR count). The number of hydrogen-bond donors (Lipinski definition) is 2. The molecule has 0 spiro atoms. The van der Waals surface area contributed by atoms with E-state index in [1.165, 1.54) is 4.90 Å². The van der Waals surface area contributed by atoms with Gasteiger partial charge in [0.2, 0.25) is 11.6 Å². The van der Waals surface area contributed by atoms with Crippen molar-refractivity contribution in [2.45, 2.75) is 37.9 Å². The summed E-state index contributed by atoms with van der Waals surface area (Å²) in [6.45, 7) is 0.182. The molecule has 1 fully saturated rings. The molecule has 2 N–H and O–H groups in total. The summed E-state index contributed by atoms with van der Waals surface area (Å²) in [6, 6.07) is 23.6. The third kappa shape index (κ3) is 6.57. The van der Waals surface area contributed by atoms with Gasteiger partial charge in [-0.3, -0.25) is 14.5 Å². The van der Waals surface area contributed by atoms with E-state index in [4.69, 9.17) is 14.2 Å². The molecule has 1 heterocycles. The van der Waals surface area contributed by atoms with Crippen molar-refractivity contribution in [2.75, 3.05) is 27.4 Å². The van der Waals surface area contributed by atoms with E-state index in [0.29, 0.717) is 23.7 Å². The average Bonchev–Trinajstić information content (AvgIpc) is 2.97. The van der Waals surface area contributed by atoms with E-state index >= 15 is 0 Å². The molecule has 0 aromatic heterocycles. The lowest BCUT2D eigenvalue weighted by molar-refractivity contribution is -0.220. The third-order valence-corrected chi connectivity index (χ3v) is 6.78. The highest BCUT2D eigenvalue weighted by Gasteiger charge is 2.56. The summed E-state index contributed by atoms with van der Waals surface area (Å²) < 4.78 is 16.1. The minimum absolute atomic E-state index is 0.0577. The molecule has 0 aliphatic carbocycles. The molecule has 9 nitrogen and oxygen atoms in total. The smallest absolute Gasteiger partial charge is 0.279 e. The number of aliphatic hydroxyl groups excluding tert-OH is 1. The standard InChI is InChI=1S/C30H34N2O7/c1-37-25-12-8-22(9-13-25)18-31-20-28(34)32(19-23-10-14-26(38-2)15-11-23)30(36,29(31)35)27(33)16-17-39-21-24-6-4-3-5-7-24/h3-15,27,33,36H,16-21H2,1-2H3. The van der Waals surface area contributed by atoms with Crippen LogP contribution in [0.5, 0.6) is 11.5 Å². The van der Waals surface area contributed by atoms with Crippen LogP contribution in [0.2, 0.25) is 0 Å². The first kappa shape index (κ1) is 28.1. The molecule has 1 aliphatic rings. The van der Waals surface area contributed by atoms with Gasteiger partial charge in [0.1, 0.15) is 24.1 Å². The summed E-state index contributed by atoms with van der Waals surface area (Å²) in [6.07, 6.45) is -1.64. The van der Waals surface area contributed by atoms with E-state index < -0.39 is 23.6 Å². The maximum Gasteiger partial charge on any atom is 0.279 e. The van der Waals surface area contributed by atoms with E-state index in [1.54, 1.807) is 62.8 Å². The van der Waals surface area contributed by atoms with Gasteiger partial charge >= 0.3 is 0 Å². The van der Waals surface area contributed by atoms with E-state index in [-0.39, 0.29) is 32.7 Å². The second-order valence-corrected chi connectivity index (χ2v) is 9.41. The van der Waals surface area contributed by atoms with E-state index in [2.05, 4.69) is 0 Å². The van der Waals surface area contributed by atoms with Crippen LogP contribution < -0.4 is 9.47 Å². The van der Waals surface area contributed by atoms with Crippen LogP contribution in [0.15, 0.2) is 78.9 Å². The Hall–Kier alpha value is -3.92. The lowest BCUT2D eigenvalue weighted by Crippen LogP contribution is -2.72. The lowest BCUT2D eigenvalue weighted by atomic mass is 9.95. The molecule has 1 saturated heterocycles. The normalized spacial score (nSPS) is 18.3. The van der Waals surface area contributed by atoms with Gasteiger partial charge in [-0.05, 0) is 41.0 Å². The molecule has 2 amide bonds. The zero-order valence-electron chi connectivity index (χ0n) is 22.2. The van der Waals surface area contributed by atoms with E-state index in [1.807, 2.05) is 30.3 Å². The molecule has 9 heteroatoms. The largest absolute Gasteiger partial charge is 0.497 e. The predicted molar refractivity (Wildman–Crippen MR) is 144 cm³/mol. The van der Waals surface area contributed by atoms with E-state index in [9.17, 15) is 19.8 Å².